The van der Waals surface area contributed by atoms with Gasteiger partial charge in [0.2, 0.25) is 0 Å². The lowest BCUT2D eigenvalue weighted by atomic mass is 10.1. The molecule has 0 aliphatic heterocycles. The Kier molecular flexibility index (Phi) is 3.49. The van der Waals surface area contributed by atoms with E-state index in [0.717, 1.165) is 24.3 Å². The number of hydrogen-bond donors (Lipinski definition) is 1. The van der Waals surface area contributed by atoms with Gasteiger partial charge in [0.05, 0.1) is 5.69 Å². The summed E-state index contributed by atoms with van der Waals surface area (Å²) in [4.78, 5) is 0. The number of nitrogens with two attached hydrogens (primary N) is 1. The molecule has 0 radical (unpaired) electrons. The monoisotopic (exact) mass is 271 g/mol. The molecule has 1 atom stereocenters. The van der Waals surface area contributed by atoms with E-state index in [1.807, 2.05) is 23.0 Å². The lowest BCUT2D eigenvalue weighted by Gasteiger charge is -2.08. The van der Waals surface area contributed by atoms with Crippen molar-refractivity contribution in [2.24, 2.45) is 5.73 Å². The molecule has 4 nitrogen and oxygen atoms in total. The number of benzene rings is 1. The van der Waals surface area contributed by atoms with Crippen molar-refractivity contribution in [3.63, 3.8) is 0 Å². The van der Waals surface area contributed by atoms with Crippen LogP contribution in [0.1, 0.15) is 49.2 Å². The van der Waals surface area contributed by atoms with E-state index in [-0.39, 0.29) is 6.04 Å². The summed E-state index contributed by atoms with van der Waals surface area (Å²) in [5, 5.41) is 4.48. The summed E-state index contributed by atoms with van der Waals surface area (Å²) in [6, 6.07) is 8.79. The van der Waals surface area contributed by atoms with Gasteiger partial charge in [-0.3, -0.25) is 4.68 Å². The fourth-order valence-electron chi connectivity index (χ4n) is 2.62. The Bertz CT molecular complexity index is 604. The summed E-state index contributed by atoms with van der Waals surface area (Å²) >= 11 is 0. The molecule has 20 heavy (non-hydrogen) atoms. The Labute approximate surface area is 119 Å². The van der Waals surface area contributed by atoms with Crippen molar-refractivity contribution in [3.05, 3.63) is 47.3 Å². The van der Waals surface area contributed by atoms with Crippen LogP contribution in [-0.4, -0.2) is 9.78 Å². The van der Waals surface area contributed by atoms with Gasteiger partial charge in [-0.1, -0.05) is 6.07 Å². The van der Waals surface area contributed by atoms with E-state index >= 15 is 0 Å². The quantitative estimate of drug-likeness (QED) is 0.930. The van der Waals surface area contributed by atoms with E-state index in [4.69, 9.17) is 10.5 Å². The highest BCUT2D eigenvalue weighted by Crippen LogP contribution is 2.31. The summed E-state index contributed by atoms with van der Waals surface area (Å²) in [7, 11) is 0. The minimum Gasteiger partial charge on any atom is -0.487 e. The Morgan fingerprint density at radius 2 is 2.25 bits per heavy atom. The first-order chi connectivity index (χ1) is 9.63. The molecular weight excluding hydrogens is 250 g/mol. The second-order valence-corrected chi connectivity index (χ2v) is 5.68. The molecule has 0 fully saturated rings. The lowest BCUT2D eigenvalue weighted by molar-refractivity contribution is 0.298. The third-order valence-electron chi connectivity index (χ3n) is 3.82. The topological polar surface area (TPSA) is 53.1 Å². The van der Waals surface area contributed by atoms with Crippen molar-refractivity contribution in [1.29, 1.82) is 0 Å². The molecule has 1 aliphatic rings. The molecular formula is C16H21N3O. The predicted octanol–water partition coefficient (Wildman–Crippen LogP) is 2.99. The Balaban J connectivity index is 1.66. The van der Waals surface area contributed by atoms with Crippen molar-refractivity contribution >= 4 is 0 Å². The predicted molar refractivity (Wildman–Crippen MR) is 78.6 cm³/mol. The first-order valence-electron chi connectivity index (χ1n) is 7.18. The molecule has 0 saturated heterocycles. The van der Waals surface area contributed by atoms with Gasteiger partial charge in [-0.05, 0) is 56.0 Å². The molecule has 0 saturated carbocycles. The van der Waals surface area contributed by atoms with Crippen LogP contribution in [0.4, 0.5) is 0 Å². The zero-order valence-electron chi connectivity index (χ0n) is 12.0. The molecule has 3 rings (SSSR count). The maximum Gasteiger partial charge on any atom is 0.132 e. The third kappa shape index (κ3) is 2.56. The van der Waals surface area contributed by atoms with Crippen LogP contribution in [0.25, 0.3) is 0 Å². The van der Waals surface area contributed by atoms with Gasteiger partial charge in [0.15, 0.2) is 0 Å². The molecule has 2 N–H and O–H groups in total. The molecule has 1 aliphatic carbocycles. The maximum atomic E-state index is 6.04. The van der Waals surface area contributed by atoms with Gasteiger partial charge >= 0.3 is 0 Å². The van der Waals surface area contributed by atoms with E-state index in [0.29, 0.717) is 12.6 Å². The molecule has 106 valence electrons. The molecule has 1 aromatic heterocycles. The number of fused-ring (bicyclic) bond motifs is 1. The second-order valence-electron chi connectivity index (χ2n) is 5.68. The van der Waals surface area contributed by atoms with Crippen molar-refractivity contribution in [2.75, 3.05) is 0 Å². The fraction of sp³-hybridized carbons (Fsp3) is 0.438. The molecule has 0 bridgehead atoms. The van der Waals surface area contributed by atoms with Crippen molar-refractivity contribution in [1.82, 2.24) is 9.78 Å². The van der Waals surface area contributed by atoms with Crippen molar-refractivity contribution < 1.29 is 4.74 Å². The van der Waals surface area contributed by atoms with E-state index in [1.165, 1.54) is 11.1 Å². The number of nitrogens with zero attached hydrogens (tertiary/aromatic N) is 2. The number of ether oxygens (including phenoxy) is 1. The zero-order valence-corrected chi connectivity index (χ0v) is 12.0. The van der Waals surface area contributed by atoms with Gasteiger partial charge in [0, 0.05) is 18.3 Å². The van der Waals surface area contributed by atoms with Gasteiger partial charge < -0.3 is 10.5 Å². The van der Waals surface area contributed by atoms with Crippen LogP contribution < -0.4 is 10.5 Å². The zero-order chi connectivity index (χ0) is 14.1. The van der Waals surface area contributed by atoms with Crippen LogP contribution in [0.3, 0.4) is 0 Å². The van der Waals surface area contributed by atoms with E-state index in [1.54, 1.807) is 0 Å². The Hall–Kier alpha value is -1.81. The molecule has 4 heteroatoms. The third-order valence-corrected chi connectivity index (χ3v) is 3.82. The Morgan fingerprint density at radius 3 is 3.00 bits per heavy atom. The second kappa shape index (κ2) is 5.29. The SMILES string of the molecule is CC(C)n1ccc(COc2ccc3c(c2)CC[C@@H]3N)n1. The highest BCUT2D eigenvalue weighted by atomic mass is 16.5. The molecule has 2 aromatic rings. The maximum absolute atomic E-state index is 6.04. The van der Waals surface area contributed by atoms with Crippen LogP contribution in [0.5, 0.6) is 5.75 Å². The number of aryl methyl sites for hydroxylation is 1. The van der Waals surface area contributed by atoms with E-state index in [2.05, 4.69) is 31.1 Å². The molecule has 0 spiro atoms. The van der Waals surface area contributed by atoms with E-state index < -0.39 is 0 Å². The molecule has 1 heterocycles. The highest BCUT2D eigenvalue weighted by molar-refractivity contribution is 5.40. The van der Waals surface area contributed by atoms with Gasteiger partial charge in [0.1, 0.15) is 12.4 Å². The van der Waals surface area contributed by atoms with Gasteiger partial charge in [0.25, 0.3) is 0 Å². The first kappa shape index (κ1) is 13.2. The number of hydrogen-bond acceptors (Lipinski definition) is 3. The summed E-state index contributed by atoms with van der Waals surface area (Å²) in [6.45, 7) is 4.73. The smallest absolute Gasteiger partial charge is 0.132 e. The molecule has 1 aromatic carbocycles. The fourth-order valence-corrected chi connectivity index (χ4v) is 2.62. The van der Waals surface area contributed by atoms with Crippen LogP contribution in [0.15, 0.2) is 30.5 Å². The lowest BCUT2D eigenvalue weighted by Crippen LogP contribution is -2.05. The van der Waals surface area contributed by atoms with Crippen LogP contribution in [0, 0.1) is 0 Å². The number of rotatable bonds is 4. The van der Waals surface area contributed by atoms with Gasteiger partial charge in [-0.25, -0.2) is 0 Å². The minimum absolute atomic E-state index is 0.195. The molecule has 0 amide bonds. The van der Waals surface area contributed by atoms with Crippen LogP contribution in [0.2, 0.25) is 0 Å². The summed E-state index contributed by atoms with van der Waals surface area (Å²) in [6.07, 6.45) is 4.08. The van der Waals surface area contributed by atoms with Crippen LogP contribution >= 0.6 is 0 Å². The first-order valence-corrected chi connectivity index (χ1v) is 7.18. The van der Waals surface area contributed by atoms with Crippen molar-refractivity contribution in [3.8, 4) is 5.75 Å². The largest absolute Gasteiger partial charge is 0.487 e. The normalized spacial score (nSPS) is 17.5. The minimum atomic E-state index is 0.195. The summed E-state index contributed by atoms with van der Waals surface area (Å²) < 4.78 is 7.77. The molecule has 0 unspecified atom stereocenters. The highest BCUT2D eigenvalue weighted by Gasteiger charge is 2.19. The standard InChI is InChI=1S/C16H21N3O/c1-11(2)19-8-7-13(18-19)10-20-14-4-5-15-12(9-14)3-6-16(15)17/h4-5,7-9,11,16H,3,6,10,17H2,1-2H3/t16-/m0/s1. The summed E-state index contributed by atoms with van der Waals surface area (Å²) in [5.41, 5.74) is 9.58. The van der Waals surface area contributed by atoms with Gasteiger partial charge in [-0.2, -0.15) is 5.10 Å². The average Bonchev–Trinajstić information content (AvgIpc) is 3.04. The summed E-state index contributed by atoms with van der Waals surface area (Å²) in [5.74, 6) is 0.900. The average molecular weight is 271 g/mol. The van der Waals surface area contributed by atoms with Gasteiger partial charge in [-0.15, -0.1) is 0 Å². The number of aromatic nitrogens is 2. The Morgan fingerprint density at radius 1 is 1.40 bits per heavy atom. The van der Waals surface area contributed by atoms with Crippen LogP contribution in [-0.2, 0) is 13.0 Å². The van der Waals surface area contributed by atoms with E-state index in [9.17, 15) is 0 Å². The van der Waals surface area contributed by atoms with Crippen molar-refractivity contribution in [2.45, 2.75) is 45.4 Å².